The first-order valence-corrected chi connectivity index (χ1v) is 5.83. The van der Waals surface area contributed by atoms with Crippen molar-refractivity contribution in [2.24, 2.45) is 7.05 Å². The van der Waals surface area contributed by atoms with Crippen LogP contribution in [0.25, 0.3) is 0 Å². The smallest absolute Gasteiger partial charge is 0.358 e. The number of esters is 1. The van der Waals surface area contributed by atoms with E-state index in [2.05, 4.69) is 9.84 Å². The summed E-state index contributed by atoms with van der Waals surface area (Å²) in [6, 6.07) is 5.66. The van der Waals surface area contributed by atoms with E-state index in [1.807, 2.05) is 0 Å². The minimum Gasteiger partial charge on any atom is -0.464 e. The number of carbonyl (C=O) groups is 1. The lowest BCUT2D eigenvalue weighted by atomic mass is 10.2. The molecule has 0 aliphatic heterocycles. The van der Waals surface area contributed by atoms with E-state index in [0.717, 1.165) is 4.68 Å². The van der Waals surface area contributed by atoms with Gasteiger partial charge < -0.3 is 9.30 Å². The van der Waals surface area contributed by atoms with Crippen LogP contribution < -0.4 is 11.1 Å². The quantitative estimate of drug-likeness (QED) is 0.723. The highest BCUT2D eigenvalue weighted by atomic mass is 16.5. The summed E-state index contributed by atoms with van der Waals surface area (Å²) in [5.74, 6) is -0.622. The highest BCUT2D eigenvalue weighted by molar-refractivity contribution is 5.86. The summed E-state index contributed by atoms with van der Waals surface area (Å²) in [5.41, 5.74) is 0.124. The molecule has 0 atom stereocenters. The molecular formula is C13H13N3O4. The van der Waals surface area contributed by atoms with Gasteiger partial charge in [-0.1, -0.05) is 0 Å². The van der Waals surface area contributed by atoms with Crippen molar-refractivity contribution in [3.8, 4) is 0 Å². The number of rotatable bonds is 3. The predicted molar refractivity (Wildman–Crippen MR) is 70.6 cm³/mol. The zero-order valence-electron chi connectivity index (χ0n) is 11.1. The first-order chi connectivity index (χ1) is 9.51. The third-order valence-corrected chi connectivity index (χ3v) is 2.76. The van der Waals surface area contributed by atoms with E-state index in [1.165, 1.54) is 29.9 Å². The van der Waals surface area contributed by atoms with Crippen molar-refractivity contribution in [3.63, 3.8) is 0 Å². The van der Waals surface area contributed by atoms with Crippen LogP contribution in [0.3, 0.4) is 0 Å². The van der Waals surface area contributed by atoms with Crippen molar-refractivity contribution in [2.75, 3.05) is 7.11 Å². The Bertz CT molecular complexity index is 761. The van der Waals surface area contributed by atoms with Crippen molar-refractivity contribution in [2.45, 2.75) is 6.54 Å². The molecule has 7 heteroatoms. The van der Waals surface area contributed by atoms with Crippen LogP contribution in [-0.2, 0) is 18.3 Å². The zero-order valence-corrected chi connectivity index (χ0v) is 11.1. The van der Waals surface area contributed by atoms with Crippen molar-refractivity contribution >= 4 is 5.97 Å². The summed E-state index contributed by atoms with van der Waals surface area (Å²) in [6.07, 6.45) is 1.60. The summed E-state index contributed by atoms with van der Waals surface area (Å²) in [4.78, 5) is 34.6. The molecule has 0 bridgehead atoms. The molecule has 2 aromatic rings. The maximum atomic E-state index is 11.7. The molecular weight excluding hydrogens is 262 g/mol. The topological polar surface area (TPSA) is 83.2 Å². The first-order valence-electron chi connectivity index (χ1n) is 5.83. The zero-order chi connectivity index (χ0) is 14.7. The molecule has 20 heavy (non-hydrogen) atoms. The van der Waals surface area contributed by atoms with Crippen molar-refractivity contribution in [1.82, 2.24) is 14.3 Å². The van der Waals surface area contributed by atoms with Crippen LogP contribution in [0.2, 0.25) is 0 Å². The van der Waals surface area contributed by atoms with Crippen LogP contribution in [0.5, 0.6) is 0 Å². The Kier molecular flexibility index (Phi) is 3.79. The molecule has 0 saturated heterocycles. The van der Waals surface area contributed by atoms with Gasteiger partial charge in [0.05, 0.1) is 13.7 Å². The Morgan fingerprint density at radius 3 is 2.65 bits per heavy atom. The van der Waals surface area contributed by atoms with Gasteiger partial charge in [-0.3, -0.25) is 9.59 Å². The first kappa shape index (κ1) is 13.7. The maximum absolute atomic E-state index is 11.7. The fraction of sp³-hybridized carbons (Fsp3) is 0.231. The van der Waals surface area contributed by atoms with Gasteiger partial charge in [-0.15, -0.1) is 0 Å². The number of methoxy groups -OCH3 is 1. The van der Waals surface area contributed by atoms with Crippen LogP contribution in [0, 0.1) is 0 Å². The molecule has 2 aromatic heterocycles. The Labute approximate surface area is 114 Å². The van der Waals surface area contributed by atoms with Crippen molar-refractivity contribution in [3.05, 3.63) is 62.4 Å². The van der Waals surface area contributed by atoms with Gasteiger partial charge in [-0.2, -0.15) is 5.10 Å². The molecule has 0 radical (unpaired) electrons. The number of nitrogens with zero attached hydrogens (tertiary/aromatic N) is 3. The molecule has 2 heterocycles. The lowest BCUT2D eigenvalue weighted by Crippen LogP contribution is -2.26. The molecule has 0 unspecified atom stereocenters. The van der Waals surface area contributed by atoms with E-state index in [0.29, 0.717) is 5.56 Å². The average molecular weight is 275 g/mol. The Balaban J connectivity index is 2.37. The van der Waals surface area contributed by atoms with Gasteiger partial charge in [0.2, 0.25) is 0 Å². The number of hydrogen-bond donors (Lipinski definition) is 0. The normalized spacial score (nSPS) is 10.3. The lowest BCUT2D eigenvalue weighted by Gasteiger charge is -2.06. The number of hydrogen-bond acceptors (Lipinski definition) is 5. The molecule has 0 aliphatic carbocycles. The molecule has 0 aromatic carbocycles. The van der Waals surface area contributed by atoms with Gasteiger partial charge in [0, 0.05) is 25.4 Å². The van der Waals surface area contributed by atoms with E-state index in [-0.39, 0.29) is 23.4 Å². The molecule has 7 nitrogen and oxygen atoms in total. The Morgan fingerprint density at radius 1 is 1.25 bits per heavy atom. The third-order valence-electron chi connectivity index (χ3n) is 2.76. The number of pyridine rings is 1. The number of aryl methyl sites for hydroxylation is 1. The molecule has 0 saturated carbocycles. The molecule has 0 amide bonds. The minimum absolute atomic E-state index is 0.0379. The Morgan fingerprint density at radius 2 is 2.00 bits per heavy atom. The fourth-order valence-electron chi connectivity index (χ4n) is 1.64. The van der Waals surface area contributed by atoms with E-state index in [9.17, 15) is 14.4 Å². The summed E-state index contributed by atoms with van der Waals surface area (Å²) in [5, 5.41) is 3.91. The van der Waals surface area contributed by atoms with Crippen molar-refractivity contribution in [1.29, 1.82) is 0 Å². The lowest BCUT2D eigenvalue weighted by molar-refractivity contribution is 0.0591. The van der Waals surface area contributed by atoms with Gasteiger partial charge in [0.1, 0.15) is 0 Å². The molecule has 0 spiro atoms. The summed E-state index contributed by atoms with van der Waals surface area (Å²) in [6.45, 7) is 0.111. The van der Waals surface area contributed by atoms with E-state index in [1.54, 1.807) is 19.3 Å². The minimum atomic E-state index is -0.622. The summed E-state index contributed by atoms with van der Waals surface area (Å²) in [7, 11) is 2.87. The SMILES string of the molecule is COC(=O)c1ccc(=O)n(Cc2ccn(C)c(=O)c2)n1. The van der Waals surface area contributed by atoms with Crippen LogP contribution >= 0.6 is 0 Å². The molecule has 2 rings (SSSR count). The van der Waals surface area contributed by atoms with E-state index >= 15 is 0 Å². The fourth-order valence-corrected chi connectivity index (χ4v) is 1.64. The van der Waals surface area contributed by atoms with E-state index in [4.69, 9.17) is 0 Å². The molecule has 104 valence electrons. The maximum Gasteiger partial charge on any atom is 0.358 e. The number of aromatic nitrogens is 3. The second-order valence-electron chi connectivity index (χ2n) is 4.19. The molecule has 0 N–H and O–H groups in total. The van der Waals surface area contributed by atoms with Gasteiger partial charge in [0.25, 0.3) is 11.1 Å². The standard InChI is InChI=1S/C13H13N3O4/c1-15-6-5-9(7-12(15)18)8-16-11(17)4-3-10(14-16)13(19)20-2/h3-7H,8H2,1-2H3. The third kappa shape index (κ3) is 2.82. The second-order valence-corrected chi connectivity index (χ2v) is 4.19. The van der Waals surface area contributed by atoms with Crippen molar-refractivity contribution < 1.29 is 9.53 Å². The Hall–Kier alpha value is -2.70. The number of ether oxygens (including phenoxy) is 1. The highest BCUT2D eigenvalue weighted by Crippen LogP contribution is 1.98. The van der Waals surface area contributed by atoms with Crippen LogP contribution in [0.1, 0.15) is 16.1 Å². The van der Waals surface area contributed by atoms with Gasteiger partial charge in [-0.05, 0) is 17.7 Å². The van der Waals surface area contributed by atoms with Gasteiger partial charge in [-0.25, -0.2) is 9.48 Å². The average Bonchev–Trinajstić information content (AvgIpc) is 2.44. The summed E-state index contributed by atoms with van der Waals surface area (Å²) < 4.78 is 7.08. The molecule has 0 aliphatic rings. The van der Waals surface area contributed by atoms with Crippen LogP contribution in [0.15, 0.2) is 40.1 Å². The molecule has 0 fully saturated rings. The van der Waals surface area contributed by atoms with Gasteiger partial charge in [0.15, 0.2) is 5.69 Å². The predicted octanol–water partition coefficient (Wildman–Crippen LogP) is -0.223. The largest absolute Gasteiger partial charge is 0.464 e. The van der Waals surface area contributed by atoms with Gasteiger partial charge >= 0.3 is 5.97 Å². The number of carbonyl (C=O) groups excluding carboxylic acids is 1. The summed E-state index contributed by atoms with van der Waals surface area (Å²) >= 11 is 0. The second kappa shape index (κ2) is 5.52. The monoisotopic (exact) mass is 275 g/mol. The van der Waals surface area contributed by atoms with E-state index < -0.39 is 5.97 Å². The van der Waals surface area contributed by atoms with Crippen LogP contribution in [0.4, 0.5) is 0 Å². The highest BCUT2D eigenvalue weighted by Gasteiger charge is 2.09. The van der Waals surface area contributed by atoms with Crippen LogP contribution in [-0.4, -0.2) is 27.4 Å².